The molecule has 0 saturated carbocycles. The van der Waals surface area contributed by atoms with Crippen molar-refractivity contribution in [2.24, 2.45) is 0 Å². The van der Waals surface area contributed by atoms with Crippen LogP contribution in [0.1, 0.15) is 27.3 Å². The topological polar surface area (TPSA) is 59.8 Å². The molecule has 5 nitrogen and oxygen atoms in total. The third-order valence-electron chi connectivity index (χ3n) is 4.83. The summed E-state index contributed by atoms with van der Waals surface area (Å²) in [4.78, 5) is 17.3. The number of amides is 1. The van der Waals surface area contributed by atoms with Crippen molar-refractivity contribution in [3.63, 3.8) is 0 Å². The van der Waals surface area contributed by atoms with Gasteiger partial charge in [0.2, 0.25) is 0 Å². The number of nitrogens with one attached hydrogen (secondary N) is 1. The van der Waals surface area contributed by atoms with Crippen LogP contribution in [0.4, 0.5) is 4.39 Å². The molecule has 1 N–H and O–H groups in total. The summed E-state index contributed by atoms with van der Waals surface area (Å²) in [5, 5.41) is 7.59. The third kappa shape index (κ3) is 4.12. The molecular formula is C24H21FN4O. The Morgan fingerprint density at radius 2 is 1.83 bits per heavy atom. The smallest absolute Gasteiger partial charge is 0.270 e. The van der Waals surface area contributed by atoms with Gasteiger partial charge in [-0.3, -0.25) is 9.78 Å². The molecule has 1 amide bonds. The van der Waals surface area contributed by atoms with Gasteiger partial charge in [-0.2, -0.15) is 5.10 Å². The van der Waals surface area contributed by atoms with Gasteiger partial charge in [0.25, 0.3) is 5.91 Å². The summed E-state index contributed by atoms with van der Waals surface area (Å²) >= 11 is 0. The lowest BCUT2D eigenvalue weighted by molar-refractivity contribution is 0.0942. The van der Waals surface area contributed by atoms with E-state index in [0.29, 0.717) is 17.9 Å². The molecular weight excluding hydrogens is 379 g/mol. The highest BCUT2D eigenvalue weighted by molar-refractivity contribution is 5.94. The van der Waals surface area contributed by atoms with Gasteiger partial charge >= 0.3 is 0 Å². The quantitative estimate of drug-likeness (QED) is 0.532. The number of hydrogen-bond donors (Lipinski definition) is 1. The van der Waals surface area contributed by atoms with Crippen LogP contribution in [0, 0.1) is 19.7 Å². The molecule has 150 valence electrons. The van der Waals surface area contributed by atoms with Crippen LogP contribution >= 0.6 is 0 Å². The van der Waals surface area contributed by atoms with Crippen molar-refractivity contribution >= 4 is 5.91 Å². The Bertz CT molecular complexity index is 1180. The van der Waals surface area contributed by atoms with Crippen LogP contribution in [-0.2, 0) is 6.54 Å². The second-order valence-electron chi connectivity index (χ2n) is 7.13. The van der Waals surface area contributed by atoms with Crippen LogP contribution in [0.3, 0.4) is 0 Å². The Balaban J connectivity index is 1.74. The SMILES string of the molecule is Cc1ccc(C)c(-n2nc(-c3ccc(F)cc3)cc2C(=O)NCc2ccccn2)c1. The first kappa shape index (κ1) is 19.5. The zero-order valence-corrected chi connectivity index (χ0v) is 16.8. The molecule has 0 bridgehead atoms. The molecule has 0 radical (unpaired) electrons. The Hall–Kier alpha value is -3.80. The van der Waals surface area contributed by atoms with Gasteiger partial charge < -0.3 is 5.32 Å². The van der Waals surface area contributed by atoms with Crippen LogP contribution < -0.4 is 5.32 Å². The number of nitrogens with zero attached hydrogens (tertiary/aromatic N) is 3. The van der Waals surface area contributed by atoms with Gasteiger partial charge in [0.1, 0.15) is 11.5 Å². The van der Waals surface area contributed by atoms with Gasteiger partial charge in [0.05, 0.1) is 23.6 Å². The third-order valence-corrected chi connectivity index (χ3v) is 4.83. The number of carbonyl (C=O) groups excluding carboxylic acids is 1. The van der Waals surface area contributed by atoms with Gasteiger partial charge in [0, 0.05) is 11.8 Å². The first-order valence-corrected chi connectivity index (χ1v) is 9.63. The second-order valence-corrected chi connectivity index (χ2v) is 7.13. The highest BCUT2D eigenvalue weighted by Crippen LogP contribution is 2.24. The fraction of sp³-hybridized carbons (Fsp3) is 0.125. The molecule has 0 unspecified atom stereocenters. The van der Waals surface area contributed by atoms with Crippen molar-refractivity contribution in [3.05, 3.63) is 101 Å². The van der Waals surface area contributed by atoms with Crippen molar-refractivity contribution in [1.82, 2.24) is 20.1 Å². The number of rotatable bonds is 5. The number of aryl methyl sites for hydroxylation is 2. The minimum Gasteiger partial charge on any atom is -0.345 e. The zero-order valence-electron chi connectivity index (χ0n) is 16.8. The molecule has 6 heteroatoms. The Kier molecular flexibility index (Phi) is 5.39. The number of benzene rings is 2. The van der Waals surface area contributed by atoms with E-state index in [1.165, 1.54) is 12.1 Å². The van der Waals surface area contributed by atoms with E-state index in [4.69, 9.17) is 0 Å². The minimum atomic E-state index is -0.318. The Morgan fingerprint density at radius 3 is 2.57 bits per heavy atom. The van der Waals surface area contributed by atoms with E-state index in [0.717, 1.165) is 28.1 Å². The first-order chi connectivity index (χ1) is 14.5. The van der Waals surface area contributed by atoms with Crippen molar-refractivity contribution in [2.75, 3.05) is 0 Å². The van der Waals surface area contributed by atoms with Crippen LogP contribution in [0.25, 0.3) is 16.9 Å². The number of aromatic nitrogens is 3. The predicted molar refractivity (Wildman–Crippen MR) is 114 cm³/mol. The molecule has 0 atom stereocenters. The minimum absolute atomic E-state index is 0.262. The highest BCUT2D eigenvalue weighted by atomic mass is 19.1. The number of halogens is 1. The molecule has 2 aromatic carbocycles. The summed E-state index contributed by atoms with van der Waals surface area (Å²) in [6, 6.07) is 19.4. The van der Waals surface area contributed by atoms with E-state index >= 15 is 0 Å². The molecule has 0 spiro atoms. The fourth-order valence-electron chi connectivity index (χ4n) is 3.20. The van der Waals surface area contributed by atoms with Crippen LogP contribution in [0.2, 0.25) is 0 Å². The largest absolute Gasteiger partial charge is 0.345 e. The molecule has 0 saturated heterocycles. The Labute approximate surface area is 174 Å². The molecule has 2 heterocycles. The van der Waals surface area contributed by atoms with E-state index in [2.05, 4.69) is 15.4 Å². The highest BCUT2D eigenvalue weighted by Gasteiger charge is 2.19. The molecule has 0 aliphatic heterocycles. The van der Waals surface area contributed by atoms with E-state index in [-0.39, 0.29) is 11.7 Å². The lowest BCUT2D eigenvalue weighted by Crippen LogP contribution is -2.26. The summed E-state index contributed by atoms with van der Waals surface area (Å²) in [6.45, 7) is 4.28. The first-order valence-electron chi connectivity index (χ1n) is 9.63. The lowest BCUT2D eigenvalue weighted by Gasteiger charge is -2.11. The van der Waals surface area contributed by atoms with E-state index in [1.807, 2.05) is 50.2 Å². The number of pyridine rings is 1. The molecule has 2 aromatic heterocycles. The van der Waals surface area contributed by atoms with Gasteiger partial charge in [-0.05, 0) is 73.5 Å². The van der Waals surface area contributed by atoms with Gasteiger partial charge in [-0.15, -0.1) is 0 Å². The van der Waals surface area contributed by atoms with Crippen molar-refractivity contribution < 1.29 is 9.18 Å². The van der Waals surface area contributed by atoms with E-state index in [9.17, 15) is 9.18 Å². The number of carbonyl (C=O) groups is 1. The van der Waals surface area contributed by atoms with Crippen LogP contribution in [0.15, 0.2) is 72.9 Å². The molecule has 4 rings (SSSR count). The maximum absolute atomic E-state index is 13.3. The van der Waals surface area contributed by atoms with Crippen LogP contribution in [0.5, 0.6) is 0 Å². The maximum Gasteiger partial charge on any atom is 0.270 e. The normalized spacial score (nSPS) is 10.8. The maximum atomic E-state index is 13.3. The second kappa shape index (κ2) is 8.29. The van der Waals surface area contributed by atoms with Crippen molar-refractivity contribution in [3.8, 4) is 16.9 Å². The van der Waals surface area contributed by atoms with Crippen molar-refractivity contribution in [1.29, 1.82) is 0 Å². The standard InChI is InChI=1S/C24H21FN4O/c1-16-6-7-17(2)22(13-16)29-23(24(30)27-15-20-5-3-4-12-26-20)14-21(28-29)18-8-10-19(25)11-9-18/h3-14H,15H2,1-2H3,(H,27,30). The molecule has 4 aromatic rings. The molecule has 0 fully saturated rings. The summed E-state index contributed by atoms with van der Waals surface area (Å²) in [6.07, 6.45) is 1.69. The lowest BCUT2D eigenvalue weighted by atomic mass is 10.1. The molecule has 30 heavy (non-hydrogen) atoms. The average molecular weight is 400 g/mol. The average Bonchev–Trinajstić information content (AvgIpc) is 3.20. The molecule has 0 aliphatic carbocycles. The summed E-state index contributed by atoms with van der Waals surface area (Å²) in [5.74, 6) is -0.580. The summed E-state index contributed by atoms with van der Waals surface area (Å²) < 4.78 is 15.0. The van der Waals surface area contributed by atoms with Crippen molar-refractivity contribution in [2.45, 2.75) is 20.4 Å². The summed E-state index contributed by atoms with van der Waals surface area (Å²) in [7, 11) is 0. The monoisotopic (exact) mass is 400 g/mol. The van der Waals surface area contributed by atoms with Gasteiger partial charge in [-0.25, -0.2) is 9.07 Å². The van der Waals surface area contributed by atoms with E-state index < -0.39 is 0 Å². The Morgan fingerprint density at radius 1 is 1.03 bits per heavy atom. The van der Waals surface area contributed by atoms with Gasteiger partial charge in [0.15, 0.2) is 0 Å². The zero-order chi connectivity index (χ0) is 21.1. The van der Waals surface area contributed by atoms with Gasteiger partial charge in [-0.1, -0.05) is 18.2 Å². The van der Waals surface area contributed by atoms with Crippen LogP contribution in [-0.4, -0.2) is 20.7 Å². The fourth-order valence-corrected chi connectivity index (χ4v) is 3.20. The number of hydrogen-bond acceptors (Lipinski definition) is 3. The summed E-state index contributed by atoms with van der Waals surface area (Å²) in [5.41, 5.74) is 5.38. The van der Waals surface area contributed by atoms with E-state index in [1.54, 1.807) is 29.1 Å². The predicted octanol–water partition coefficient (Wildman–Crippen LogP) is 4.62. The molecule has 0 aliphatic rings.